The van der Waals surface area contributed by atoms with Crippen molar-refractivity contribution in [1.29, 1.82) is 0 Å². The Hall–Kier alpha value is -1.30. The van der Waals surface area contributed by atoms with Crippen LogP contribution in [-0.2, 0) is 9.53 Å². The molecule has 1 fully saturated rings. The number of rotatable bonds is 7. The minimum Gasteiger partial charge on any atom is -0.480 e. The fourth-order valence-electron chi connectivity index (χ4n) is 1.19. The molecule has 6 heteroatoms. The molecule has 1 aliphatic carbocycles. The Morgan fingerprint density at radius 2 is 2.18 bits per heavy atom. The van der Waals surface area contributed by atoms with Crippen LogP contribution in [0.15, 0.2) is 0 Å². The highest BCUT2D eigenvalue weighted by atomic mass is 16.5. The molecule has 98 valence electrons. The van der Waals surface area contributed by atoms with Crippen molar-refractivity contribution in [2.24, 2.45) is 5.92 Å². The number of hydrogen-bond acceptors (Lipinski definition) is 3. The molecular weight excluding hydrogens is 224 g/mol. The zero-order chi connectivity index (χ0) is 12.8. The molecule has 0 aromatic rings. The number of aliphatic carboxylic acids is 1. The molecule has 0 aliphatic heterocycles. The van der Waals surface area contributed by atoms with Crippen LogP contribution in [0.25, 0.3) is 0 Å². The number of nitrogens with zero attached hydrogens (tertiary/aromatic N) is 1. The number of amides is 2. The van der Waals surface area contributed by atoms with Gasteiger partial charge < -0.3 is 20.1 Å². The van der Waals surface area contributed by atoms with Crippen molar-refractivity contribution in [2.45, 2.75) is 25.8 Å². The predicted octanol–water partition coefficient (Wildman–Crippen LogP) is 0.527. The predicted molar refractivity (Wildman–Crippen MR) is 61.8 cm³/mol. The highest BCUT2D eigenvalue weighted by molar-refractivity contribution is 5.82. The Bertz CT molecular complexity index is 279. The molecule has 0 aromatic heterocycles. The van der Waals surface area contributed by atoms with Crippen molar-refractivity contribution in [2.75, 3.05) is 26.8 Å². The lowest BCUT2D eigenvalue weighted by atomic mass is 10.3. The number of carbonyl (C=O) groups is 2. The fraction of sp³-hybridized carbons (Fsp3) is 0.818. The van der Waals surface area contributed by atoms with Crippen molar-refractivity contribution >= 4 is 12.0 Å². The maximum Gasteiger partial charge on any atom is 0.325 e. The first kappa shape index (κ1) is 13.8. The van der Waals surface area contributed by atoms with Crippen LogP contribution in [0.4, 0.5) is 4.79 Å². The molecule has 0 spiro atoms. The number of carboxylic acids is 1. The molecule has 17 heavy (non-hydrogen) atoms. The van der Waals surface area contributed by atoms with E-state index >= 15 is 0 Å². The van der Waals surface area contributed by atoms with Gasteiger partial charge in [-0.1, -0.05) is 0 Å². The van der Waals surface area contributed by atoms with Gasteiger partial charge in [0.25, 0.3) is 0 Å². The standard InChI is InChI=1S/C11H20N2O4/c1-8(10(14)15)12-11(16)13(2)5-6-17-7-9-3-4-9/h8-9H,3-7H2,1-2H3,(H,12,16)(H,14,15)/t8-/m0/s1. The SMILES string of the molecule is C[C@H](NC(=O)N(C)CCOCC1CC1)C(=O)O. The van der Waals surface area contributed by atoms with Crippen LogP contribution in [0.1, 0.15) is 19.8 Å². The summed E-state index contributed by atoms with van der Waals surface area (Å²) in [7, 11) is 1.62. The molecule has 6 nitrogen and oxygen atoms in total. The van der Waals surface area contributed by atoms with Gasteiger partial charge in [0.2, 0.25) is 0 Å². The Kier molecular flexibility index (Phi) is 5.21. The van der Waals surface area contributed by atoms with E-state index in [1.54, 1.807) is 7.05 Å². The number of hydrogen-bond donors (Lipinski definition) is 2. The van der Waals surface area contributed by atoms with Gasteiger partial charge in [-0.05, 0) is 25.7 Å². The molecule has 0 aromatic carbocycles. The summed E-state index contributed by atoms with van der Waals surface area (Å²) in [5, 5.41) is 11.0. The summed E-state index contributed by atoms with van der Waals surface area (Å²) in [6.45, 7) is 3.14. The topological polar surface area (TPSA) is 78.9 Å². The molecule has 0 heterocycles. The number of urea groups is 1. The van der Waals surface area contributed by atoms with Gasteiger partial charge in [0.15, 0.2) is 0 Å². The van der Waals surface area contributed by atoms with Crippen LogP contribution in [0.5, 0.6) is 0 Å². The van der Waals surface area contributed by atoms with Crippen LogP contribution in [0.2, 0.25) is 0 Å². The van der Waals surface area contributed by atoms with Crippen molar-refractivity contribution in [3.63, 3.8) is 0 Å². The molecule has 1 rings (SSSR count). The highest BCUT2D eigenvalue weighted by Crippen LogP contribution is 2.28. The van der Waals surface area contributed by atoms with Gasteiger partial charge in [-0.3, -0.25) is 4.79 Å². The van der Waals surface area contributed by atoms with Gasteiger partial charge in [0, 0.05) is 20.2 Å². The second-order valence-electron chi connectivity index (χ2n) is 4.45. The highest BCUT2D eigenvalue weighted by Gasteiger charge is 2.21. The molecule has 1 aliphatic rings. The fourth-order valence-corrected chi connectivity index (χ4v) is 1.19. The molecule has 0 bridgehead atoms. The first-order valence-corrected chi connectivity index (χ1v) is 5.83. The van der Waals surface area contributed by atoms with Gasteiger partial charge in [0.05, 0.1) is 6.61 Å². The number of carboxylic acid groups (broad SMARTS) is 1. The van der Waals surface area contributed by atoms with Crippen LogP contribution in [0.3, 0.4) is 0 Å². The first-order valence-electron chi connectivity index (χ1n) is 5.83. The van der Waals surface area contributed by atoms with E-state index < -0.39 is 18.0 Å². The van der Waals surface area contributed by atoms with Gasteiger partial charge in [-0.15, -0.1) is 0 Å². The van der Waals surface area contributed by atoms with E-state index in [2.05, 4.69) is 5.32 Å². The maximum absolute atomic E-state index is 11.5. The number of nitrogens with one attached hydrogen (secondary N) is 1. The first-order chi connectivity index (χ1) is 8.00. The summed E-state index contributed by atoms with van der Waals surface area (Å²) in [5.74, 6) is -0.335. The van der Waals surface area contributed by atoms with E-state index in [-0.39, 0.29) is 0 Å². The third kappa shape index (κ3) is 5.53. The van der Waals surface area contributed by atoms with E-state index in [0.29, 0.717) is 19.1 Å². The van der Waals surface area contributed by atoms with E-state index in [0.717, 1.165) is 6.61 Å². The third-order valence-electron chi connectivity index (χ3n) is 2.68. The van der Waals surface area contributed by atoms with Gasteiger partial charge in [-0.2, -0.15) is 0 Å². The number of likely N-dealkylation sites (N-methyl/N-ethyl adjacent to an activating group) is 1. The van der Waals surface area contributed by atoms with Crippen molar-refractivity contribution in [3.8, 4) is 0 Å². The molecule has 2 N–H and O–H groups in total. The Morgan fingerprint density at radius 3 is 2.71 bits per heavy atom. The van der Waals surface area contributed by atoms with E-state index in [1.807, 2.05) is 0 Å². The lowest BCUT2D eigenvalue weighted by Gasteiger charge is -2.19. The summed E-state index contributed by atoms with van der Waals surface area (Å²) in [5.41, 5.74) is 0. The van der Waals surface area contributed by atoms with Gasteiger partial charge in [0.1, 0.15) is 6.04 Å². The summed E-state index contributed by atoms with van der Waals surface area (Å²) in [6.07, 6.45) is 2.49. The molecule has 0 radical (unpaired) electrons. The molecule has 0 unspecified atom stereocenters. The molecule has 0 saturated heterocycles. The van der Waals surface area contributed by atoms with E-state index in [1.165, 1.54) is 24.7 Å². The zero-order valence-electron chi connectivity index (χ0n) is 10.3. The summed E-state index contributed by atoms with van der Waals surface area (Å²) >= 11 is 0. The average Bonchev–Trinajstić information content (AvgIpc) is 3.07. The normalized spacial score (nSPS) is 16.4. The smallest absolute Gasteiger partial charge is 0.325 e. The van der Waals surface area contributed by atoms with Crippen molar-refractivity contribution < 1.29 is 19.4 Å². The largest absolute Gasteiger partial charge is 0.480 e. The summed E-state index contributed by atoms with van der Waals surface area (Å²) in [6, 6.07) is -1.27. The molecule has 1 atom stereocenters. The summed E-state index contributed by atoms with van der Waals surface area (Å²) < 4.78 is 5.39. The van der Waals surface area contributed by atoms with E-state index in [9.17, 15) is 9.59 Å². The Labute approximate surface area is 101 Å². The molecular formula is C11H20N2O4. The molecule has 2 amide bonds. The van der Waals surface area contributed by atoms with Crippen molar-refractivity contribution in [3.05, 3.63) is 0 Å². The van der Waals surface area contributed by atoms with Crippen LogP contribution in [0, 0.1) is 5.92 Å². The Balaban J connectivity index is 2.09. The number of carbonyl (C=O) groups excluding carboxylic acids is 1. The van der Waals surface area contributed by atoms with Gasteiger partial charge in [-0.25, -0.2) is 4.79 Å². The maximum atomic E-state index is 11.5. The third-order valence-corrected chi connectivity index (χ3v) is 2.68. The van der Waals surface area contributed by atoms with Crippen LogP contribution in [-0.4, -0.2) is 54.9 Å². The van der Waals surface area contributed by atoms with E-state index in [4.69, 9.17) is 9.84 Å². The zero-order valence-corrected chi connectivity index (χ0v) is 10.3. The average molecular weight is 244 g/mol. The monoisotopic (exact) mass is 244 g/mol. The Morgan fingerprint density at radius 1 is 1.53 bits per heavy atom. The number of ether oxygens (including phenoxy) is 1. The second-order valence-corrected chi connectivity index (χ2v) is 4.45. The minimum atomic E-state index is -1.04. The summed E-state index contributed by atoms with van der Waals surface area (Å²) in [4.78, 5) is 23.5. The quantitative estimate of drug-likeness (QED) is 0.640. The van der Waals surface area contributed by atoms with Crippen LogP contribution >= 0.6 is 0 Å². The molecule has 1 saturated carbocycles. The lowest BCUT2D eigenvalue weighted by molar-refractivity contribution is -0.138. The minimum absolute atomic E-state index is 0.394. The van der Waals surface area contributed by atoms with Crippen molar-refractivity contribution in [1.82, 2.24) is 10.2 Å². The van der Waals surface area contributed by atoms with Gasteiger partial charge >= 0.3 is 12.0 Å². The van der Waals surface area contributed by atoms with Crippen LogP contribution < -0.4 is 5.32 Å². The lowest BCUT2D eigenvalue weighted by Crippen LogP contribution is -2.46. The second kappa shape index (κ2) is 6.44.